The Bertz CT molecular complexity index is 892. The summed E-state index contributed by atoms with van der Waals surface area (Å²) < 4.78 is 5.41. The van der Waals surface area contributed by atoms with Gasteiger partial charge in [0.2, 0.25) is 0 Å². The molecule has 0 atom stereocenters. The Labute approximate surface area is 152 Å². The van der Waals surface area contributed by atoms with Crippen LogP contribution in [0.4, 0.5) is 0 Å². The van der Waals surface area contributed by atoms with Gasteiger partial charge < -0.3 is 9.57 Å². The van der Waals surface area contributed by atoms with E-state index in [0.717, 1.165) is 27.8 Å². The number of pyridine rings is 1. The number of benzene rings is 2. The van der Waals surface area contributed by atoms with Gasteiger partial charge in [0.25, 0.3) is 0 Å². The number of ether oxygens (including phenoxy) is 1. The minimum atomic E-state index is 0.220. The summed E-state index contributed by atoms with van der Waals surface area (Å²) in [5.74, 6) is 0.836. The van der Waals surface area contributed by atoms with Crippen LogP contribution in [-0.4, -0.2) is 17.8 Å². The summed E-state index contributed by atoms with van der Waals surface area (Å²) in [7, 11) is 0. The second kappa shape index (κ2) is 7.99. The number of hydrogen-bond donors (Lipinski definition) is 0. The van der Waals surface area contributed by atoms with Crippen molar-refractivity contribution < 1.29 is 9.57 Å². The number of fused-ring (bicyclic) bond motifs is 1. The lowest BCUT2D eigenvalue weighted by atomic mass is 10.1. The molecule has 4 nitrogen and oxygen atoms in total. The van der Waals surface area contributed by atoms with E-state index in [9.17, 15) is 0 Å². The molecule has 0 bridgehead atoms. The SMILES string of the molecule is CCOc1ccc(/C=N\OCc2nc3ccccc3c(C)c2Cl)cc1. The van der Waals surface area contributed by atoms with E-state index < -0.39 is 0 Å². The topological polar surface area (TPSA) is 43.7 Å². The highest BCUT2D eigenvalue weighted by atomic mass is 35.5. The number of halogens is 1. The molecule has 1 heterocycles. The highest BCUT2D eigenvalue weighted by Crippen LogP contribution is 2.27. The van der Waals surface area contributed by atoms with Gasteiger partial charge in [-0.15, -0.1) is 0 Å². The third kappa shape index (κ3) is 4.09. The van der Waals surface area contributed by atoms with Crippen LogP contribution in [0.3, 0.4) is 0 Å². The number of nitrogens with zero attached hydrogens (tertiary/aromatic N) is 2. The van der Waals surface area contributed by atoms with E-state index in [-0.39, 0.29) is 6.61 Å². The molecule has 25 heavy (non-hydrogen) atoms. The quantitative estimate of drug-likeness (QED) is 0.454. The molecule has 0 aliphatic heterocycles. The summed E-state index contributed by atoms with van der Waals surface area (Å²) in [5, 5.41) is 5.67. The van der Waals surface area contributed by atoms with Crippen molar-refractivity contribution in [2.75, 3.05) is 6.61 Å². The van der Waals surface area contributed by atoms with Gasteiger partial charge in [-0.05, 0) is 55.3 Å². The third-order valence-corrected chi connectivity index (χ3v) is 4.32. The van der Waals surface area contributed by atoms with Gasteiger partial charge in [-0.3, -0.25) is 0 Å². The molecule has 0 aliphatic rings. The second-order valence-corrected chi connectivity index (χ2v) is 5.90. The van der Waals surface area contributed by atoms with E-state index in [1.165, 1.54) is 0 Å². The van der Waals surface area contributed by atoms with E-state index in [2.05, 4.69) is 10.1 Å². The van der Waals surface area contributed by atoms with Gasteiger partial charge in [-0.2, -0.15) is 0 Å². The summed E-state index contributed by atoms with van der Waals surface area (Å²) >= 11 is 6.41. The molecule has 5 heteroatoms. The van der Waals surface area contributed by atoms with Crippen LogP contribution in [0.1, 0.15) is 23.7 Å². The first-order valence-electron chi connectivity index (χ1n) is 8.11. The molecule has 0 saturated heterocycles. The Morgan fingerprint density at radius 3 is 2.64 bits per heavy atom. The molecular weight excluding hydrogens is 336 g/mol. The zero-order valence-corrected chi connectivity index (χ0v) is 15.0. The molecule has 0 spiro atoms. The van der Waals surface area contributed by atoms with E-state index in [4.69, 9.17) is 21.2 Å². The van der Waals surface area contributed by atoms with Crippen molar-refractivity contribution in [2.45, 2.75) is 20.5 Å². The average molecular weight is 355 g/mol. The van der Waals surface area contributed by atoms with Crippen LogP contribution < -0.4 is 4.74 Å². The molecule has 0 unspecified atom stereocenters. The van der Waals surface area contributed by atoms with Crippen molar-refractivity contribution in [1.82, 2.24) is 4.98 Å². The van der Waals surface area contributed by atoms with Crippen molar-refractivity contribution in [3.05, 3.63) is 70.4 Å². The largest absolute Gasteiger partial charge is 0.494 e. The van der Waals surface area contributed by atoms with E-state index in [1.54, 1.807) is 6.21 Å². The van der Waals surface area contributed by atoms with E-state index >= 15 is 0 Å². The Kier molecular flexibility index (Phi) is 5.51. The monoisotopic (exact) mass is 354 g/mol. The first-order valence-corrected chi connectivity index (χ1v) is 8.48. The van der Waals surface area contributed by atoms with Gasteiger partial charge in [0.05, 0.1) is 23.4 Å². The Morgan fingerprint density at radius 2 is 1.88 bits per heavy atom. The van der Waals surface area contributed by atoms with Crippen molar-refractivity contribution >= 4 is 28.7 Å². The number of hydrogen-bond acceptors (Lipinski definition) is 4. The molecule has 0 aliphatic carbocycles. The molecule has 2 aromatic carbocycles. The van der Waals surface area contributed by atoms with Crippen LogP contribution in [-0.2, 0) is 11.4 Å². The highest BCUT2D eigenvalue weighted by Gasteiger charge is 2.10. The number of rotatable bonds is 6. The third-order valence-electron chi connectivity index (χ3n) is 3.81. The molecule has 1 aromatic heterocycles. The first-order chi connectivity index (χ1) is 12.2. The number of para-hydroxylation sites is 1. The maximum absolute atomic E-state index is 6.41. The first kappa shape index (κ1) is 17.2. The zero-order valence-electron chi connectivity index (χ0n) is 14.2. The molecule has 3 rings (SSSR count). The maximum atomic E-state index is 6.41. The van der Waals surface area contributed by atoms with Crippen molar-refractivity contribution in [2.24, 2.45) is 5.16 Å². The zero-order chi connectivity index (χ0) is 17.6. The lowest BCUT2D eigenvalue weighted by molar-refractivity contribution is 0.129. The van der Waals surface area contributed by atoms with Gasteiger partial charge in [-0.25, -0.2) is 4.98 Å². The number of oxime groups is 1. The fraction of sp³-hybridized carbons (Fsp3) is 0.200. The number of aryl methyl sites for hydroxylation is 1. The minimum Gasteiger partial charge on any atom is -0.494 e. The van der Waals surface area contributed by atoms with Crippen LogP contribution in [0, 0.1) is 6.92 Å². The van der Waals surface area contributed by atoms with Crippen molar-refractivity contribution in [1.29, 1.82) is 0 Å². The van der Waals surface area contributed by atoms with Crippen LogP contribution in [0.5, 0.6) is 5.75 Å². The summed E-state index contributed by atoms with van der Waals surface area (Å²) in [6.45, 7) is 4.81. The van der Waals surface area contributed by atoms with Crippen molar-refractivity contribution in [3.8, 4) is 5.75 Å². The summed E-state index contributed by atoms with van der Waals surface area (Å²) in [6, 6.07) is 15.5. The summed E-state index contributed by atoms with van der Waals surface area (Å²) in [4.78, 5) is 9.94. The molecule has 0 N–H and O–H groups in total. The van der Waals surface area contributed by atoms with E-state index in [0.29, 0.717) is 17.3 Å². The van der Waals surface area contributed by atoms with Gasteiger partial charge in [0.1, 0.15) is 11.4 Å². The Balaban J connectivity index is 1.67. The van der Waals surface area contributed by atoms with E-state index in [1.807, 2.05) is 62.4 Å². The second-order valence-electron chi connectivity index (χ2n) is 5.52. The lowest BCUT2D eigenvalue weighted by Gasteiger charge is -2.09. The Hall–Kier alpha value is -2.59. The molecule has 0 amide bonds. The van der Waals surface area contributed by atoms with Crippen LogP contribution in [0.2, 0.25) is 5.02 Å². The predicted molar refractivity (Wildman–Crippen MR) is 101 cm³/mol. The maximum Gasteiger partial charge on any atom is 0.160 e. The fourth-order valence-electron chi connectivity index (χ4n) is 2.53. The predicted octanol–water partition coefficient (Wildman–Crippen LogP) is 5.15. The smallest absolute Gasteiger partial charge is 0.160 e. The highest BCUT2D eigenvalue weighted by molar-refractivity contribution is 6.32. The average Bonchev–Trinajstić information content (AvgIpc) is 2.64. The van der Waals surface area contributed by atoms with Crippen LogP contribution in [0.25, 0.3) is 10.9 Å². The molecule has 0 saturated carbocycles. The molecule has 0 radical (unpaired) electrons. The van der Waals surface area contributed by atoms with Gasteiger partial charge >= 0.3 is 0 Å². The van der Waals surface area contributed by atoms with Gasteiger partial charge in [-0.1, -0.05) is 35.0 Å². The van der Waals surface area contributed by atoms with Gasteiger partial charge in [0.15, 0.2) is 6.61 Å². The summed E-state index contributed by atoms with van der Waals surface area (Å²) in [5.41, 5.74) is 3.51. The molecule has 0 fully saturated rings. The van der Waals surface area contributed by atoms with Crippen molar-refractivity contribution in [3.63, 3.8) is 0 Å². The van der Waals surface area contributed by atoms with Gasteiger partial charge in [0, 0.05) is 5.39 Å². The summed E-state index contributed by atoms with van der Waals surface area (Å²) in [6.07, 6.45) is 1.65. The molecular formula is C20H19ClN2O2. The molecule has 128 valence electrons. The lowest BCUT2D eigenvalue weighted by Crippen LogP contribution is -1.97. The van der Waals surface area contributed by atoms with Crippen LogP contribution >= 0.6 is 11.6 Å². The Morgan fingerprint density at radius 1 is 1.12 bits per heavy atom. The standard InChI is InChI=1S/C20H19ClN2O2/c1-3-24-16-10-8-15(9-11-16)12-22-25-13-19-20(21)14(2)17-6-4-5-7-18(17)23-19/h4-12H,3,13H2,1-2H3/b22-12-. The number of aromatic nitrogens is 1. The normalized spacial score (nSPS) is 11.2. The van der Waals surface area contributed by atoms with Crippen LogP contribution in [0.15, 0.2) is 53.7 Å². The molecule has 3 aromatic rings. The fourth-order valence-corrected chi connectivity index (χ4v) is 2.72. The minimum absolute atomic E-state index is 0.220.